The van der Waals surface area contributed by atoms with Crippen molar-refractivity contribution in [1.82, 2.24) is 9.88 Å². The molecule has 142 valence electrons. The Hall–Kier alpha value is -2.21. The van der Waals surface area contributed by atoms with E-state index in [1.165, 1.54) is 10.4 Å². The van der Waals surface area contributed by atoms with Crippen molar-refractivity contribution in [3.05, 3.63) is 46.0 Å². The Balaban J connectivity index is 1.37. The van der Waals surface area contributed by atoms with Gasteiger partial charge in [0, 0.05) is 24.4 Å². The predicted octanol–water partition coefficient (Wildman–Crippen LogP) is 3.56. The van der Waals surface area contributed by atoms with Gasteiger partial charge in [-0.2, -0.15) is 0 Å². The highest BCUT2D eigenvalue weighted by atomic mass is 32.1. The van der Waals surface area contributed by atoms with Gasteiger partial charge < -0.3 is 10.2 Å². The summed E-state index contributed by atoms with van der Waals surface area (Å²) in [5.74, 6) is 0.337. The monoisotopic (exact) mass is 383 g/mol. The van der Waals surface area contributed by atoms with Crippen LogP contribution in [-0.2, 0) is 29.0 Å². The van der Waals surface area contributed by atoms with Gasteiger partial charge in [-0.1, -0.05) is 36.8 Å². The average molecular weight is 384 g/mol. The van der Waals surface area contributed by atoms with Crippen LogP contribution in [0.5, 0.6) is 0 Å². The maximum absolute atomic E-state index is 12.7. The van der Waals surface area contributed by atoms with E-state index in [9.17, 15) is 9.59 Å². The maximum atomic E-state index is 12.7. The van der Waals surface area contributed by atoms with E-state index in [2.05, 4.69) is 17.2 Å². The van der Waals surface area contributed by atoms with Crippen LogP contribution in [0.25, 0.3) is 0 Å². The molecule has 1 aliphatic heterocycles. The second-order valence-electron chi connectivity index (χ2n) is 7.89. The summed E-state index contributed by atoms with van der Waals surface area (Å²) in [5, 5.41) is 3.64. The molecular formula is C21H25N3O2S. The lowest BCUT2D eigenvalue weighted by Crippen LogP contribution is -2.28. The minimum Gasteiger partial charge on any atom is -0.338 e. The average Bonchev–Trinajstić information content (AvgIpc) is 3.19. The standard InChI is InChI=1S/C21H25N3O2S/c1-13-3-6-15(7-4-13)11-24-12-16(10-19(24)25)20(26)23-21-22-17-8-5-14(2)9-18(17)27-21/h3-4,6-7,14,16H,5,8-12H2,1-2H3,(H,22,23,26). The van der Waals surface area contributed by atoms with Gasteiger partial charge in [0.05, 0.1) is 11.6 Å². The number of carbonyl (C=O) groups excluding carboxylic acids is 2. The smallest absolute Gasteiger partial charge is 0.231 e. The molecule has 1 fully saturated rings. The zero-order chi connectivity index (χ0) is 19.0. The molecule has 0 spiro atoms. The number of hydrogen-bond donors (Lipinski definition) is 1. The fourth-order valence-electron chi connectivity index (χ4n) is 3.82. The van der Waals surface area contributed by atoms with Crippen molar-refractivity contribution in [2.45, 2.75) is 46.1 Å². The second kappa shape index (κ2) is 7.43. The normalized spacial score (nSPS) is 22.0. The van der Waals surface area contributed by atoms with Gasteiger partial charge >= 0.3 is 0 Å². The lowest BCUT2D eigenvalue weighted by Gasteiger charge is -2.16. The summed E-state index contributed by atoms with van der Waals surface area (Å²) in [4.78, 5) is 32.7. The number of rotatable bonds is 4. The van der Waals surface area contributed by atoms with Crippen molar-refractivity contribution in [2.24, 2.45) is 11.8 Å². The lowest BCUT2D eigenvalue weighted by molar-refractivity contribution is -0.128. The molecule has 5 nitrogen and oxygen atoms in total. The van der Waals surface area contributed by atoms with Gasteiger partial charge in [0.25, 0.3) is 0 Å². The van der Waals surface area contributed by atoms with Crippen molar-refractivity contribution in [3.63, 3.8) is 0 Å². The molecule has 1 aliphatic carbocycles. The third-order valence-electron chi connectivity index (χ3n) is 5.50. The van der Waals surface area contributed by atoms with Gasteiger partial charge in [0.1, 0.15) is 0 Å². The highest BCUT2D eigenvalue weighted by Gasteiger charge is 2.34. The Morgan fingerprint density at radius 1 is 1.30 bits per heavy atom. The number of anilines is 1. The summed E-state index contributed by atoms with van der Waals surface area (Å²) in [7, 11) is 0. The quantitative estimate of drug-likeness (QED) is 0.878. The summed E-state index contributed by atoms with van der Waals surface area (Å²) in [6.45, 7) is 5.34. The molecule has 6 heteroatoms. The molecule has 2 aromatic rings. The van der Waals surface area contributed by atoms with Crippen molar-refractivity contribution < 1.29 is 9.59 Å². The van der Waals surface area contributed by atoms with E-state index in [0.717, 1.165) is 30.5 Å². The van der Waals surface area contributed by atoms with Crippen LogP contribution in [0.1, 0.15) is 41.5 Å². The molecule has 27 heavy (non-hydrogen) atoms. The first-order chi connectivity index (χ1) is 13.0. The number of aromatic nitrogens is 1. The largest absolute Gasteiger partial charge is 0.338 e. The van der Waals surface area contributed by atoms with Crippen LogP contribution >= 0.6 is 11.3 Å². The van der Waals surface area contributed by atoms with Crippen molar-refractivity contribution >= 4 is 28.3 Å². The molecule has 0 bridgehead atoms. The van der Waals surface area contributed by atoms with E-state index >= 15 is 0 Å². The Kier molecular flexibility index (Phi) is 5.00. The van der Waals surface area contributed by atoms with E-state index in [0.29, 0.717) is 24.1 Å². The summed E-state index contributed by atoms with van der Waals surface area (Å²) in [6.07, 6.45) is 3.49. The molecule has 4 rings (SSSR count). The Bertz CT molecular complexity index is 859. The summed E-state index contributed by atoms with van der Waals surface area (Å²) < 4.78 is 0. The van der Waals surface area contributed by atoms with E-state index in [1.807, 2.05) is 31.2 Å². The Labute approximate surface area is 163 Å². The summed E-state index contributed by atoms with van der Waals surface area (Å²) >= 11 is 1.59. The van der Waals surface area contributed by atoms with E-state index in [1.54, 1.807) is 16.2 Å². The van der Waals surface area contributed by atoms with Gasteiger partial charge in [-0.05, 0) is 37.7 Å². The number of nitrogens with one attached hydrogen (secondary N) is 1. The Morgan fingerprint density at radius 2 is 2.07 bits per heavy atom. The van der Waals surface area contributed by atoms with Crippen molar-refractivity contribution in [2.75, 3.05) is 11.9 Å². The van der Waals surface area contributed by atoms with E-state index in [4.69, 9.17) is 0 Å². The van der Waals surface area contributed by atoms with Crippen LogP contribution in [-0.4, -0.2) is 28.2 Å². The molecule has 2 amide bonds. The van der Waals surface area contributed by atoms with Crippen LogP contribution in [0.15, 0.2) is 24.3 Å². The number of benzene rings is 1. The first kappa shape index (κ1) is 18.2. The second-order valence-corrected chi connectivity index (χ2v) is 8.97. The predicted molar refractivity (Wildman–Crippen MR) is 107 cm³/mol. The minimum atomic E-state index is -0.303. The lowest BCUT2D eigenvalue weighted by atomic mass is 9.93. The molecule has 1 saturated heterocycles. The van der Waals surface area contributed by atoms with Gasteiger partial charge in [-0.25, -0.2) is 4.98 Å². The minimum absolute atomic E-state index is 0.0444. The van der Waals surface area contributed by atoms with Gasteiger partial charge in [0.2, 0.25) is 11.8 Å². The fraction of sp³-hybridized carbons (Fsp3) is 0.476. The molecule has 0 saturated carbocycles. The molecule has 0 radical (unpaired) electrons. The summed E-state index contributed by atoms with van der Waals surface area (Å²) in [5.41, 5.74) is 3.43. The number of nitrogens with zero attached hydrogens (tertiary/aromatic N) is 2. The highest BCUT2D eigenvalue weighted by molar-refractivity contribution is 7.15. The van der Waals surface area contributed by atoms with Crippen LogP contribution in [0.2, 0.25) is 0 Å². The zero-order valence-electron chi connectivity index (χ0n) is 15.8. The third-order valence-corrected chi connectivity index (χ3v) is 6.53. The third kappa shape index (κ3) is 4.05. The molecular weight excluding hydrogens is 358 g/mol. The first-order valence-electron chi connectivity index (χ1n) is 9.60. The number of amides is 2. The number of likely N-dealkylation sites (tertiary alicyclic amines) is 1. The summed E-state index contributed by atoms with van der Waals surface area (Å²) in [6, 6.07) is 8.17. The number of carbonyl (C=O) groups is 2. The number of aryl methyl sites for hydroxylation is 2. The maximum Gasteiger partial charge on any atom is 0.231 e. The van der Waals surface area contributed by atoms with E-state index in [-0.39, 0.29) is 24.2 Å². The molecule has 1 aromatic heterocycles. The molecule has 2 unspecified atom stereocenters. The zero-order valence-corrected chi connectivity index (χ0v) is 16.6. The Morgan fingerprint density at radius 3 is 2.85 bits per heavy atom. The molecule has 1 aromatic carbocycles. The van der Waals surface area contributed by atoms with Crippen LogP contribution in [0, 0.1) is 18.8 Å². The number of hydrogen-bond acceptors (Lipinski definition) is 4. The van der Waals surface area contributed by atoms with Crippen LogP contribution in [0.4, 0.5) is 5.13 Å². The molecule has 2 heterocycles. The molecule has 2 aliphatic rings. The fourth-order valence-corrected chi connectivity index (χ4v) is 4.99. The SMILES string of the molecule is Cc1ccc(CN2CC(C(=O)Nc3nc4c(s3)CC(C)CC4)CC2=O)cc1. The van der Waals surface area contributed by atoms with Crippen LogP contribution in [0.3, 0.4) is 0 Å². The number of fused-ring (bicyclic) bond motifs is 1. The topological polar surface area (TPSA) is 62.3 Å². The molecule has 1 N–H and O–H groups in total. The first-order valence-corrected chi connectivity index (χ1v) is 10.4. The highest BCUT2D eigenvalue weighted by Crippen LogP contribution is 2.32. The van der Waals surface area contributed by atoms with Gasteiger partial charge in [0.15, 0.2) is 5.13 Å². The van der Waals surface area contributed by atoms with Crippen molar-refractivity contribution in [3.8, 4) is 0 Å². The van der Waals surface area contributed by atoms with Gasteiger partial charge in [-0.15, -0.1) is 11.3 Å². The van der Waals surface area contributed by atoms with Crippen molar-refractivity contribution in [1.29, 1.82) is 0 Å². The number of thiazole rings is 1. The molecule has 2 atom stereocenters. The van der Waals surface area contributed by atoms with E-state index < -0.39 is 0 Å². The van der Waals surface area contributed by atoms with Gasteiger partial charge in [-0.3, -0.25) is 9.59 Å². The van der Waals surface area contributed by atoms with Crippen LogP contribution < -0.4 is 5.32 Å².